The number of halogens is 1. The van der Waals surface area contributed by atoms with Gasteiger partial charge < -0.3 is 10.1 Å². The molecule has 0 bridgehead atoms. The maximum Gasteiger partial charge on any atom is 0.126 e. The van der Waals surface area contributed by atoms with Crippen LogP contribution in [0.4, 0.5) is 4.39 Å². The second-order valence-electron chi connectivity index (χ2n) is 5.72. The van der Waals surface area contributed by atoms with Crippen molar-refractivity contribution in [2.24, 2.45) is 0 Å². The number of aryl methyl sites for hydroxylation is 1. The summed E-state index contributed by atoms with van der Waals surface area (Å²) in [6.45, 7) is 9.44. The van der Waals surface area contributed by atoms with Gasteiger partial charge in [0.25, 0.3) is 0 Å². The number of hydrogen-bond donors (Lipinski definition) is 1. The van der Waals surface area contributed by atoms with Gasteiger partial charge in [-0.25, -0.2) is 4.39 Å². The Kier molecular flexibility index (Phi) is 3.00. The number of ether oxygens (including phenoxy) is 1. The molecule has 17 heavy (non-hydrogen) atoms. The van der Waals surface area contributed by atoms with E-state index in [2.05, 4.69) is 19.2 Å². The molecule has 1 unspecified atom stereocenters. The summed E-state index contributed by atoms with van der Waals surface area (Å²) >= 11 is 0. The van der Waals surface area contributed by atoms with E-state index in [-0.39, 0.29) is 17.0 Å². The van der Waals surface area contributed by atoms with E-state index >= 15 is 0 Å². The van der Waals surface area contributed by atoms with Crippen LogP contribution in [-0.2, 0) is 10.3 Å². The summed E-state index contributed by atoms with van der Waals surface area (Å²) in [6, 6.07) is 5.19. The highest BCUT2D eigenvalue weighted by atomic mass is 19.1. The van der Waals surface area contributed by atoms with Gasteiger partial charge in [-0.2, -0.15) is 0 Å². The van der Waals surface area contributed by atoms with Gasteiger partial charge in [0.15, 0.2) is 0 Å². The molecule has 1 aromatic carbocycles. The van der Waals surface area contributed by atoms with Crippen LogP contribution in [0, 0.1) is 12.7 Å². The fourth-order valence-corrected chi connectivity index (χ4v) is 2.01. The molecule has 1 N–H and O–H groups in total. The Morgan fingerprint density at radius 3 is 2.53 bits per heavy atom. The molecule has 0 saturated carbocycles. The molecule has 0 aliphatic carbocycles. The van der Waals surface area contributed by atoms with E-state index in [9.17, 15) is 4.39 Å². The molecule has 2 nitrogen and oxygen atoms in total. The topological polar surface area (TPSA) is 21.3 Å². The first-order valence-corrected chi connectivity index (χ1v) is 5.98. The summed E-state index contributed by atoms with van der Waals surface area (Å²) in [4.78, 5) is 0. The largest absolute Gasteiger partial charge is 0.367 e. The van der Waals surface area contributed by atoms with Crippen LogP contribution in [0.3, 0.4) is 0 Å². The van der Waals surface area contributed by atoms with E-state index in [1.807, 2.05) is 19.1 Å². The van der Waals surface area contributed by atoms with Crippen LogP contribution >= 0.6 is 0 Å². The zero-order valence-corrected chi connectivity index (χ0v) is 10.9. The molecule has 0 spiro atoms. The summed E-state index contributed by atoms with van der Waals surface area (Å²) in [5.41, 5.74) is 1.33. The second-order valence-corrected chi connectivity index (χ2v) is 5.72. The molecule has 1 saturated heterocycles. The molecule has 1 heterocycles. The van der Waals surface area contributed by atoms with E-state index < -0.39 is 0 Å². The number of morpholine rings is 1. The van der Waals surface area contributed by atoms with Crippen molar-refractivity contribution in [1.29, 1.82) is 0 Å². The van der Waals surface area contributed by atoms with Gasteiger partial charge in [-0.1, -0.05) is 12.1 Å². The Morgan fingerprint density at radius 1 is 1.29 bits per heavy atom. The molecule has 1 aliphatic heterocycles. The third-order valence-corrected chi connectivity index (χ3v) is 3.42. The molecule has 1 aliphatic rings. The number of hydrogen-bond acceptors (Lipinski definition) is 2. The molecule has 3 heteroatoms. The number of rotatable bonds is 1. The van der Waals surface area contributed by atoms with Crippen molar-refractivity contribution in [3.63, 3.8) is 0 Å². The van der Waals surface area contributed by atoms with Crippen molar-refractivity contribution < 1.29 is 9.13 Å². The summed E-state index contributed by atoms with van der Waals surface area (Å²) in [7, 11) is 0. The van der Waals surface area contributed by atoms with Gasteiger partial charge >= 0.3 is 0 Å². The van der Waals surface area contributed by atoms with Crippen LogP contribution in [0.2, 0.25) is 0 Å². The lowest BCUT2D eigenvalue weighted by Gasteiger charge is -2.43. The highest BCUT2D eigenvalue weighted by Crippen LogP contribution is 2.30. The summed E-state index contributed by atoms with van der Waals surface area (Å²) < 4.78 is 19.2. The number of nitrogens with one attached hydrogen (secondary N) is 1. The standard InChI is InChI=1S/C14H20FNO/c1-10-7-11(5-6-12(10)15)14(4)8-16-13(2,3)9-17-14/h5-7,16H,8-9H2,1-4H3. The summed E-state index contributed by atoms with van der Waals surface area (Å²) in [6.07, 6.45) is 0. The first-order chi connectivity index (χ1) is 7.82. The molecule has 1 atom stereocenters. The lowest BCUT2D eigenvalue weighted by atomic mass is 9.90. The minimum Gasteiger partial charge on any atom is -0.367 e. The van der Waals surface area contributed by atoms with Crippen molar-refractivity contribution in [1.82, 2.24) is 5.32 Å². The van der Waals surface area contributed by atoms with Crippen molar-refractivity contribution in [2.45, 2.75) is 38.8 Å². The van der Waals surface area contributed by atoms with Crippen LogP contribution in [0.5, 0.6) is 0 Å². The number of benzene rings is 1. The van der Waals surface area contributed by atoms with Crippen LogP contribution < -0.4 is 5.32 Å². The Balaban J connectivity index is 2.24. The van der Waals surface area contributed by atoms with Gasteiger partial charge in [0.2, 0.25) is 0 Å². The Morgan fingerprint density at radius 2 is 2.00 bits per heavy atom. The molecule has 0 amide bonds. The van der Waals surface area contributed by atoms with Crippen molar-refractivity contribution >= 4 is 0 Å². The lowest BCUT2D eigenvalue weighted by Crippen LogP contribution is -2.56. The van der Waals surface area contributed by atoms with E-state index in [1.165, 1.54) is 6.07 Å². The molecule has 0 aromatic heterocycles. The molecule has 1 aromatic rings. The maximum absolute atomic E-state index is 13.3. The van der Waals surface area contributed by atoms with Crippen molar-refractivity contribution in [2.75, 3.05) is 13.2 Å². The average molecular weight is 237 g/mol. The third-order valence-electron chi connectivity index (χ3n) is 3.42. The fourth-order valence-electron chi connectivity index (χ4n) is 2.01. The SMILES string of the molecule is Cc1cc(C2(C)CNC(C)(C)CO2)ccc1F. The van der Waals surface area contributed by atoms with Crippen LogP contribution in [0.25, 0.3) is 0 Å². The molecule has 94 valence electrons. The van der Waals surface area contributed by atoms with Crippen molar-refractivity contribution in [3.8, 4) is 0 Å². The Hall–Kier alpha value is -0.930. The normalized spacial score (nSPS) is 28.1. The molecular formula is C14H20FNO. The Labute approximate surface area is 102 Å². The van der Waals surface area contributed by atoms with E-state index in [1.54, 1.807) is 6.92 Å². The van der Waals surface area contributed by atoms with Gasteiger partial charge in [0.1, 0.15) is 11.4 Å². The van der Waals surface area contributed by atoms with Gasteiger partial charge in [-0.3, -0.25) is 0 Å². The Bertz CT molecular complexity index is 418. The van der Waals surface area contributed by atoms with Crippen LogP contribution in [0.15, 0.2) is 18.2 Å². The van der Waals surface area contributed by atoms with Crippen LogP contribution in [-0.4, -0.2) is 18.7 Å². The quantitative estimate of drug-likeness (QED) is 0.811. The zero-order valence-electron chi connectivity index (χ0n) is 10.9. The predicted molar refractivity (Wildman–Crippen MR) is 66.5 cm³/mol. The minimum atomic E-state index is -0.367. The third kappa shape index (κ3) is 2.50. The summed E-state index contributed by atoms with van der Waals surface area (Å²) in [5.74, 6) is -0.165. The molecular weight excluding hydrogens is 217 g/mol. The van der Waals surface area contributed by atoms with Gasteiger partial charge in [0.05, 0.1) is 6.61 Å². The van der Waals surface area contributed by atoms with Crippen LogP contribution in [0.1, 0.15) is 31.9 Å². The zero-order chi connectivity index (χ0) is 12.7. The summed E-state index contributed by atoms with van der Waals surface area (Å²) in [5, 5.41) is 3.46. The molecule has 1 fully saturated rings. The predicted octanol–water partition coefficient (Wildman–Crippen LogP) is 2.75. The minimum absolute atomic E-state index is 0.00852. The highest BCUT2D eigenvalue weighted by molar-refractivity contribution is 5.29. The van der Waals surface area contributed by atoms with E-state index in [4.69, 9.17) is 4.74 Å². The van der Waals surface area contributed by atoms with Gasteiger partial charge in [-0.15, -0.1) is 0 Å². The monoisotopic (exact) mass is 237 g/mol. The highest BCUT2D eigenvalue weighted by Gasteiger charge is 2.36. The second kappa shape index (κ2) is 4.07. The van der Waals surface area contributed by atoms with E-state index in [0.29, 0.717) is 12.2 Å². The van der Waals surface area contributed by atoms with Gasteiger partial charge in [-0.05, 0) is 44.9 Å². The average Bonchev–Trinajstić information content (AvgIpc) is 2.27. The van der Waals surface area contributed by atoms with Crippen molar-refractivity contribution in [3.05, 3.63) is 35.1 Å². The first kappa shape index (κ1) is 12.5. The maximum atomic E-state index is 13.3. The smallest absolute Gasteiger partial charge is 0.126 e. The molecule has 0 radical (unpaired) electrons. The molecule has 2 rings (SSSR count). The first-order valence-electron chi connectivity index (χ1n) is 5.98. The fraction of sp³-hybridized carbons (Fsp3) is 0.571. The van der Waals surface area contributed by atoms with E-state index in [0.717, 1.165) is 12.1 Å². The van der Waals surface area contributed by atoms with Gasteiger partial charge in [0, 0.05) is 12.1 Å². The lowest BCUT2D eigenvalue weighted by molar-refractivity contribution is -0.0950.